The lowest BCUT2D eigenvalue weighted by atomic mass is 10.1. The van der Waals surface area contributed by atoms with Gasteiger partial charge in [-0.2, -0.15) is 0 Å². The summed E-state index contributed by atoms with van der Waals surface area (Å²) in [5.74, 6) is 0.0271. The summed E-state index contributed by atoms with van der Waals surface area (Å²) in [5.41, 5.74) is 3.00. The van der Waals surface area contributed by atoms with Crippen LogP contribution in [0.2, 0.25) is 0 Å². The summed E-state index contributed by atoms with van der Waals surface area (Å²) in [6, 6.07) is 17.7. The SMILES string of the molecule is O=C(CCc1ccccc1)Nc1ccc(-n2ccnc2)cc1. The zero-order chi connectivity index (χ0) is 15.2. The smallest absolute Gasteiger partial charge is 0.224 e. The quantitative estimate of drug-likeness (QED) is 0.782. The first kappa shape index (κ1) is 14.1. The third kappa shape index (κ3) is 3.61. The van der Waals surface area contributed by atoms with Gasteiger partial charge in [0, 0.05) is 30.2 Å². The van der Waals surface area contributed by atoms with E-state index in [1.54, 1.807) is 12.5 Å². The van der Waals surface area contributed by atoms with E-state index in [0.29, 0.717) is 6.42 Å². The summed E-state index contributed by atoms with van der Waals surface area (Å²) in [7, 11) is 0. The van der Waals surface area contributed by atoms with Crippen molar-refractivity contribution in [3.8, 4) is 5.69 Å². The number of aryl methyl sites for hydroxylation is 1. The zero-order valence-corrected chi connectivity index (χ0v) is 12.1. The Kier molecular flexibility index (Phi) is 4.30. The molecule has 0 unspecified atom stereocenters. The maximum Gasteiger partial charge on any atom is 0.224 e. The number of anilines is 1. The topological polar surface area (TPSA) is 46.9 Å². The molecule has 2 aromatic carbocycles. The molecule has 22 heavy (non-hydrogen) atoms. The average molecular weight is 291 g/mol. The highest BCUT2D eigenvalue weighted by Crippen LogP contribution is 2.13. The van der Waals surface area contributed by atoms with Gasteiger partial charge < -0.3 is 9.88 Å². The van der Waals surface area contributed by atoms with Crippen LogP contribution in [0.4, 0.5) is 5.69 Å². The first-order valence-corrected chi connectivity index (χ1v) is 7.23. The minimum atomic E-state index is 0.0271. The number of nitrogens with zero attached hydrogens (tertiary/aromatic N) is 2. The second-order valence-corrected chi connectivity index (χ2v) is 5.05. The monoisotopic (exact) mass is 291 g/mol. The molecule has 0 atom stereocenters. The van der Waals surface area contributed by atoms with Gasteiger partial charge in [0.15, 0.2) is 0 Å². The molecule has 1 N–H and O–H groups in total. The van der Waals surface area contributed by atoms with Gasteiger partial charge in [-0.1, -0.05) is 30.3 Å². The lowest BCUT2D eigenvalue weighted by Crippen LogP contribution is -2.12. The Morgan fingerprint density at radius 1 is 1.05 bits per heavy atom. The number of rotatable bonds is 5. The van der Waals surface area contributed by atoms with Crippen LogP contribution in [-0.4, -0.2) is 15.5 Å². The van der Waals surface area contributed by atoms with Gasteiger partial charge in [-0.15, -0.1) is 0 Å². The first-order valence-electron chi connectivity index (χ1n) is 7.23. The van der Waals surface area contributed by atoms with Crippen molar-refractivity contribution in [3.63, 3.8) is 0 Å². The number of benzene rings is 2. The second kappa shape index (κ2) is 6.72. The molecule has 1 aromatic heterocycles. The summed E-state index contributed by atoms with van der Waals surface area (Å²) < 4.78 is 1.92. The molecule has 1 amide bonds. The van der Waals surface area contributed by atoms with Gasteiger partial charge in [0.05, 0.1) is 6.33 Å². The van der Waals surface area contributed by atoms with Crippen molar-refractivity contribution in [2.45, 2.75) is 12.8 Å². The Balaban J connectivity index is 1.55. The standard InChI is InChI=1S/C18H17N3O/c22-18(11-6-15-4-2-1-3-5-15)20-16-7-9-17(10-8-16)21-13-12-19-14-21/h1-5,7-10,12-14H,6,11H2,(H,20,22). The van der Waals surface area contributed by atoms with Crippen LogP contribution < -0.4 is 5.32 Å². The van der Waals surface area contributed by atoms with E-state index in [1.807, 2.05) is 65.4 Å². The minimum absolute atomic E-state index is 0.0271. The van der Waals surface area contributed by atoms with Gasteiger partial charge in [-0.3, -0.25) is 4.79 Å². The molecule has 0 fully saturated rings. The molecule has 0 aliphatic carbocycles. The summed E-state index contributed by atoms with van der Waals surface area (Å²) in [6.45, 7) is 0. The van der Waals surface area contributed by atoms with Gasteiger partial charge in [-0.05, 0) is 36.2 Å². The van der Waals surface area contributed by atoms with Crippen molar-refractivity contribution in [1.82, 2.24) is 9.55 Å². The molecule has 0 saturated heterocycles. The van der Waals surface area contributed by atoms with E-state index >= 15 is 0 Å². The third-order valence-corrected chi connectivity index (χ3v) is 3.44. The molecule has 0 aliphatic rings. The summed E-state index contributed by atoms with van der Waals surface area (Å²) in [6.07, 6.45) is 6.59. The maximum absolute atomic E-state index is 12.0. The first-order chi connectivity index (χ1) is 10.8. The fourth-order valence-electron chi connectivity index (χ4n) is 2.25. The van der Waals surface area contributed by atoms with Gasteiger partial charge >= 0.3 is 0 Å². The Morgan fingerprint density at radius 3 is 2.50 bits per heavy atom. The van der Waals surface area contributed by atoms with E-state index in [-0.39, 0.29) is 5.91 Å². The maximum atomic E-state index is 12.0. The molecule has 1 heterocycles. The van der Waals surface area contributed by atoms with Crippen LogP contribution in [0, 0.1) is 0 Å². The van der Waals surface area contributed by atoms with Crippen LogP contribution in [-0.2, 0) is 11.2 Å². The van der Waals surface area contributed by atoms with E-state index in [1.165, 1.54) is 5.56 Å². The third-order valence-electron chi connectivity index (χ3n) is 3.44. The van der Waals surface area contributed by atoms with Gasteiger partial charge in [0.25, 0.3) is 0 Å². The Bertz CT molecular complexity index is 719. The fraction of sp³-hybridized carbons (Fsp3) is 0.111. The highest BCUT2D eigenvalue weighted by Gasteiger charge is 2.03. The molecule has 4 nitrogen and oxygen atoms in total. The van der Waals surface area contributed by atoms with E-state index < -0.39 is 0 Å². The number of imidazole rings is 1. The minimum Gasteiger partial charge on any atom is -0.326 e. The second-order valence-electron chi connectivity index (χ2n) is 5.05. The summed E-state index contributed by atoms with van der Waals surface area (Å²) >= 11 is 0. The van der Waals surface area contributed by atoms with E-state index in [2.05, 4.69) is 10.3 Å². The number of hydrogen-bond donors (Lipinski definition) is 1. The lowest BCUT2D eigenvalue weighted by molar-refractivity contribution is -0.116. The molecule has 0 radical (unpaired) electrons. The van der Waals surface area contributed by atoms with Crippen molar-refractivity contribution in [2.75, 3.05) is 5.32 Å². The molecule has 4 heteroatoms. The van der Waals surface area contributed by atoms with Crippen LogP contribution in [0.3, 0.4) is 0 Å². The van der Waals surface area contributed by atoms with Crippen LogP contribution in [0.25, 0.3) is 5.69 Å². The number of carbonyl (C=O) groups is 1. The van der Waals surface area contributed by atoms with Crippen LogP contribution in [0.1, 0.15) is 12.0 Å². The van der Waals surface area contributed by atoms with E-state index in [0.717, 1.165) is 17.8 Å². The van der Waals surface area contributed by atoms with Crippen LogP contribution in [0.5, 0.6) is 0 Å². The van der Waals surface area contributed by atoms with Crippen LogP contribution >= 0.6 is 0 Å². The lowest BCUT2D eigenvalue weighted by Gasteiger charge is -2.07. The van der Waals surface area contributed by atoms with E-state index in [9.17, 15) is 4.79 Å². The van der Waals surface area contributed by atoms with Gasteiger partial charge in [0.2, 0.25) is 5.91 Å². The van der Waals surface area contributed by atoms with Crippen molar-refractivity contribution < 1.29 is 4.79 Å². The largest absolute Gasteiger partial charge is 0.326 e. The summed E-state index contributed by atoms with van der Waals surface area (Å²) in [4.78, 5) is 16.0. The Morgan fingerprint density at radius 2 is 1.82 bits per heavy atom. The predicted octanol–water partition coefficient (Wildman–Crippen LogP) is 3.44. The van der Waals surface area contributed by atoms with Gasteiger partial charge in [-0.25, -0.2) is 4.98 Å². The van der Waals surface area contributed by atoms with E-state index in [4.69, 9.17) is 0 Å². The highest BCUT2D eigenvalue weighted by atomic mass is 16.1. The number of amides is 1. The predicted molar refractivity (Wildman–Crippen MR) is 87.0 cm³/mol. The highest BCUT2D eigenvalue weighted by molar-refractivity contribution is 5.90. The summed E-state index contributed by atoms with van der Waals surface area (Å²) in [5, 5.41) is 2.92. The molecular formula is C18H17N3O. The average Bonchev–Trinajstić information content (AvgIpc) is 3.09. The molecule has 0 spiro atoms. The number of carbonyl (C=O) groups excluding carboxylic acids is 1. The molecule has 110 valence electrons. The molecule has 0 saturated carbocycles. The molecule has 0 aliphatic heterocycles. The van der Waals surface area contributed by atoms with Crippen molar-refractivity contribution >= 4 is 11.6 Å². The molecule has 3 aromatic rings. The zero-order valence-electron chi connectivity index (χ0n) is 12.1. The van der Waals surface area contributed by atoms with Gasteiger partial charge in [0.1, 0.15) is 0 Å². The van der Waals surface area contributed by atoms with Crippen molar-refractivity contribution in [1.29, 1.82) is 0 Å². The molecule has 0 bridgehead atoms. The van der Waals surface area contributed by atoms with Crippen molar-refractivity contribution in [3.05, 3.63) is 78.9 Å². The Labute approximate surface area is 129 Å². The fourth-order valence-corrected chi connectivity index (χ4v) is 2.25. The van der Waals surface area contributed by atoms with Crippen molar-refractivity contribution in [2.24, 2.45) is 0 Å². The Hall–Kier alpha value is -2.88. The number of nitrogens with one attached hydrogen (secondary N) is 1. The molecule has 3 rings (SSSR count). The molecular weight excluding hydrogens is 274 g/mol. The normalized spacial score (nSPS) is 10.4. The number of aromatic nitrogens is 2. The van der Waals surface area contributed by atoms with Crippen LogP contribution in [0.15, 0.2) is 73.3 Å². The number of hydrogen-bond acceptors (Lipinski definition) is 2.